The molecule has 0 fully saturated rings. The van der Waals surface area contributed by atoms with Gasteiger partial charge in [-0.05, 0) is 46.9 Å². The molecule has 19 heavy (non-hydrogen) atoms. The molecule has 7 heteroatoms. The van der Waals surface area contributed by atoms with E-state index in [-0.39, 0.29) is 15.7 Å². The smallest absolute Gasteiger partial charge is 0.242 e. The van der Waals surface area contributed by atoms with Crippen molar-refractivity contribution >= 4 is 45.8 Å². The number of alkyl halides is 3. The fourth-order valence-corrected chi connectivity index (χ4v) is 2.65. The molecular weight excluding hydrogens is 413 g/mol. The molecule has 0 N–H and O–H groups in total. The maximum Gasteiger partial charge on any atom is 0.433 e. The molecule has 1 aromatic carbocycles. The highest BCUT2D eigenvalue weighted by atomic mass is 127. The third-order valence-corrected chi connectivity index (χ3v) is 3.84. The molecule has 2 aromatic rings. The minimum absolute atomic E-state index is 0.131. The quantitative estimate of drug-likeness (QED) is 0.544. The Bertz CT molecular complexity index is 609. The predicted octanol–water partition coefficient (Wildman–Crippen LogP) is 5.68. The van der Waals surface area contributed by atoms with Crippen molar-refractivity contribution in [3.8, 4) is 11.3 Å². The minimum Gasteiger partial charge on any atom is -0.242 e. The van der Waals surface area contributed by atoms with E-state index in [0.717, 1.165) is 6.07 Å². The van der Waals surface area contributed by atoms with Crippen LogP contribution in [0.5, 0.6) is 0 Å². The fraction of sp³-hybridized carbons (Fsp3) is 0.0833. The van der Waals surface area contributed by atoms with Crippen LogP contribution in [0.3, 0.4) is 0 Å². The Hall–Kier alpha value is -0.530. The zero-order valence-corrected chi connectivity index (χ0v) is 12.8. The van der Waals surface area contributed by atoms with Crippen LogP contribution in [-0.4, -0.2) is 4.98 Å². The lowest BCUT2D eigenvalue weighted by atomic mass is 10.1. The lowest BCUT2D eigenvalue weighted by molar-refractivity contribution is -0.141. The van der Waals surface area contributed by atoms with E-state index in [2.05, 4.69) is 4.98 Å². The van der Waals surface area contributed by atoms with Crippen LogP contribution in [0.15, 0.2) is 30.3 Å². The molecule has 100 valence electrons. The van der Waals surface area contributed by atoms with Crippen LogP contribution < -0.4 is 0 Å². The second kappa shape index (κ2) is 5.46. The van der Waals surface area contributed by atoms with Crippen molar-refractivity contribution in [3.05, 3.63) is 49.6 Å². The Balaban J connectivity index is 2.69. The van der Waals surface area contributed by atoms with Crippen LogP contribution in [0.1, 0.15) is 5.69 Å². The second-order valence-electron chi connectivity index (χ2n) is 3.62. The van der Waals surface area contributed by atoms with E-state index in [1.54, 1.807) is 18.2 Å². The van der Waals surface area contributed by atoms with Crippen molar-refractivity contribution in [1.29, 1.82) is 0 Å². The molecule has 0 bridgehead atoms. The summed E-state index contributed by atoms with van der Waals surface area (Å²) in [5.41, 5.74) is -0.536. The summed E-state index contributed by atoms with van der Waals surface area (Å²) in [4.78, 5) is 3.63. The van der Waals surface area contributed by atoms with Crippen molar-refractivity contribution in [2.45, 2.75) is 6.18 Å². The summed E-state index contributed by atoms with van der Waals surface area (Å²) >= 11 is 13.9. The van der Waals surface area contributed by atoms with Gasteiger partial charge in [0.05, 0.1) is 15.7 Å². The summed E-state index contributed by atoms with van der Waals surface area (Å²) in [6, 6.07) is 7.00. The highest BCUT2D eigenvalue weighted by Gasteiger charge is 2.33. The topological polar surface area (TPSA) is 12.9 Å². The highest BCUT2D eigenvalue weighted by Crippen LogP contribution is 2.37. The summed E-state index contributed by atoms with van der Waals surface area (Å²) in [6.45, 7) is 0. The largest absolute Gasteiger partial charge is 0.433 e. The molecule has 0 atom stereocenters. The molecule has 0 saturated carbocycles. The van der Waals surface area contributed by atoms with E-state index >= 15 is 0 Å². The molecule has 2 rings (SSSR count). The molecular formula is C12H5Cl2F3IN. The molecule has 1 aromatic heterocycles. The fourth-order valence-electron chi connectivity index (χ4n) is 1.50. The Kier molecular flexibility index (Phi) is 4.27. The van der Waals surface area contributed by atoms with Crippen LogP contribution >= 0.6 is 45.8 Å². The Morgan fingerprint density at radius 1 is 1.00 bits per heavy atom. The first-order chi connectivity index (χ1) is 8.80. The van der Waals surface area contributed by atoms with Gasteiger partial charge in [-0.2, -0.15) is 13.2 Å². The van der Waals surface area contributed by atoms with Crippen molar-refractivity contribution in [2.24, 2.45) is 0 Å². The molecule has 0 spiro atoms. The number of rotatable bonds is 1. The van der Waals surface area contributed by atoms with Gasteiger partial charge in [0, 0.05) is 9.13 Å². The molecule has 0 radical (unpaired) electrons. The Labute approximate surface area is 130 Å². The van der Waals surface area contributed by atoms with Crippen molar-refractivity contribution in [1.82, 2.24) is 4.98 Å². The number of hydrogen-bond acceptors (Lipinski definition) is 1. The van der Waals surface area contributed by atoms with Gasteiger partial charge in [0.25, 0.3) is 0 Å². The van der Waals surface area contributed by atoms with Gasteiger partial charge in [-0.1, -0.05) is 29.3 Å². The molecule has 0 unspecified atom stereocenters. The van der Waals surface area contributed by atoms with Crippen molar-refractivity contribution in [2.75, 3.05) is 0 Å². The lowest BCUT2D eigenvalue weighted by Gasteiger charge is -2.12. The average Bonchev–Trinajstić information content (AvgIpc) is 2.29. The zero-order chi connectivity index (χ0) is 14.2. The molecule has 0 aliphatic carbocycles. The number of halogens is 6. The molecule has 1 nitrogen and oxygen atoms in total. The number of aromatic nitrogens is 1. The third-order valence-electron chi connectivity index (χ3n) is 2.34. The summed E-state index contributed by atoms with van der Waals surface area (Å²) in [5.74, 6) is 0. The van der Waals surface area contributed by atoms with Crippen molar-refractivity contribution in [3.63, 3.8) is 0 Å². The summed E-state index contributed by atoms with van der Waals surface area (Å²) < 4.78 is 38.6. The van der Waals surface area contributed by atoms with E-state index in [1.165, 1.54) is 6.07 Å². The first kappa shape index (κ1) is 14.9. The van der Waals surface area contributed by atoms with Gasteiger partial charge in [-0.25, -0.2) is 4.98 Å². The minimum atomic E-state index is -4.51. The van der Waals surface area contributed by atoms with Crippen LogP contribution in [0.4, 0.5) is 13.2 Å². The molecule has 0 aliphatic heterocycles. The molecule has 0 aliphatic rings. The summed E-state index contributed by atoms with van der Waals surface area (Å²) in [5, 5.41) is 0.523. The van der Waals surface area contributed by atoms with E-state index < -0.39 is 11.9 Å². The monoisotopic (exact) mass is 417 g/mol. The number of nitrogens with zero attached hydrogens (tertiary/aromatic N) is 1. The van der Waals surface area contributed by atoms with Crippen molar-refractivity contribution < 1.29 is 13.2 Å². The van der Waals surface area contributed by atoms with Gasteiger partial charge in [-0.3, -0.25) is 0 Å². The van der Waals surface area contributed by atoms with Gasteiger partial charge in [0.2, 0.25) is 0 Å². The molecule has 1 heterocycles. The molecule has 0 amide bonds. The molecule has 0 saturated heterocycles. The number of hydrogen-bond donors (Lipinski definition) is 0. The van der Waals surface area contributed by atoms with E-state index in [4.69, 9.17) is 23.2 Å². The van der Waals surface area contributed by atoms with Gasteiger partial charge in [0.1, 0.15) is 5.69 Å². The maximum atomic E-state index is 12.7. The number of benzene rings is 1. The maximum absolute atomic E-state index is 12.7. The highest BCUT2D eigenvalue weighted by molar-refractivity contribution is 14.1. The third kappa shape index (κ3) is 3.14. The number of pyridine rings is 1. The zero-order valence-electron chi connectivity index (χ0n) is 9.10. The predicted molar refractivity (Wildman–Crippen MR) is 77.4 cm³/mol. The summed E-state index contributed by atoms with van der Waals surface area (Å²) in [7, 11) is 0. The summed E-state index contributed by atoms with van der Waals surface area (Å²) in [6.07, 6.45) is -4.51. The van der Waals surface area contributed by atoms with Crippen LogP contribution in [0.2, 0.25) is 10.0 Å². The first-order valence-corrected chi connectivity index (χ1v) is 6.82. The van der Waals surface area contributed by atoms with Gasteiger partial charge < -0.3 is 0 Å². The van der Waals surface area contributed by atoms with Crippen LogP contribution in [0, 0.1) is 3.57 Å². The Morgan fingerprint density at radius 3 is 2.11 bits per heavy atom. The van der Waals surface area contributed by atoms with E-state index in [1.807, 2.05) is 22.6 Å². The average molecular weight is 418 g/mol. The first-order valence-electron chi connectivity index (χ1n) is 4.99. The normalized spacial score (nSPS) is 11.7. The van der Waals surface area contributed by atoms with Crippen LogP contribution in [0.25, 0.3) is 11.3 Å². The van der Waals surface area contributed by atoms with Gasteiger partial charge in [0.15, 0.2) is 0 Å². The van der Waals surface area contributed by atoms with E-state index in [9.17, 15) is 13.2 Å². The van der Waals surface area contributed by atoms with Gasteiger partial charge in [-0.15, -0.1) is 0 Å². The Morgan fingerprint density at radius 2 is 1.58 bits per heavy atom. The SMILES string of the molecule is FC(F)(F)c1ccc(I)c(-c2c(Cl)cccc2Cl)n1. The second-order valence-corrected chi connectivity index (χ2v) is 5.60. The van der Waals surface area contributed by atoms with Gasteiger partial charge >= 0.3 is 6.18 Å². The lowest BCUT2D eigenvalue weighted by Crippen LogP contribution is -2.09. The van der Waals surface area contributed by atoms with Crippen LogP contribution in [-0.2, 0) is 6.18 Å². The van der Waals surface area contributed by atoms with E-state index in [0.29, 0.717) is 9.13 Å². The standard InChI is InChI=1S/C12H5Cl2F3IN/c13-6-2-1-3-7(14)10(6)11-8(18)4-5-9(19-11)12(15,16)17/h1-5H.